The van der Waals surface area contributed by atoms with Gasteiger partial charge in [0.15, 0.2) is 0 Å². The Morgan fingerprint density at radius 2 is 1.72 bits per heavy atom. The number of aromatic nitrogens is 1. The molecule has 3 heterocycles. The van der Waals surface area contributed by atoms with Crippen LogP contribution in [0.4, 0.5) is 5.69 Å². The normalized spacial score (nSPS) is 22.5. The summed E-state index contributed by atoms with van der Waals surface area (Å²) in [6.07, 6.45) is 3.86. The standard InChI is InChI=1S/C26H33N3O2S/c1-25(2)21(26(25,3)4)24(31)28-14-11-18(12-15-28)22-27-19(16-32-22)23(30)29-13-7-9-17-8-5-6-10-20(17)29/h5-6,8,10,16,18,21H,7,9,11-15H2,1-4H3. The Hall–Kier alpha value is -2.21. The van der Waals surface area contributed by atoms with Crippen molar-refractivity contribution in [1.82, 2.24) is 9.88 Å². The lowest BCUT2D eigenvalue weighted by Gasteiger charge is -2.32. The molecule has 0 bridgehead atoms. The molecule has 1 aromatic heterocycles. The van der Waals surface area contributed by atoms with E-state index in [0.29, 0.717) is 17.5 Å². The SMILES string of the molecule is CC1(C)C(C(=O)N2CCC(c3nc(C(=O)N4CCCc5ccccc54)cs3)CC2)C1(C)C. The molecular weight excluding hydrogens is 418 g/mol. The van der Waals surface area contributed by atoms with E-state index < -0.39 is 0 Å². The molecule has 3 aliphatic rings. The van der Waals surface area contributed by atoms with E-state index in [2.05, 4.69) is 38.7 Å². The number of aryl methyl sites for hydroxylation is 1. The van der Waals surface area contributed by atoms with Gasteiger partial charge in [0.2, 0.25) is 5.91 Å². The number of hydrogen-bond donors (Lipinski definition) is 0. The highest BCUT2D eigenvalue weighted by Crippen LogP contribution is 2.68. The molecule has 5 rings (SSSR count). The summed E-state index contributed by atoms with van der Waals surface area (Å²) in [6, 6.07) is 8.18. The Morgan fingerprint density at radius 1 is 1.03 bits per heavy atom. The largest absolute Gasteiger partial charge is 0.342 e. The van der Waals surface area contributed by atoms with E-state index in [4.69, 9.17) is 4.98 Å². The molecule has 0 N–H and O–H groups in total. The molecule has 2 amide bonds. The Labute approximate surface area is 194 Å². The lowest BCUT2D eigenvalue weighted by Crippen LogP contribution is -2.40. The van der Waals surface area contributed by atoms with Gasteiger partial charge in [-0.2, -0.15) is 0 Å². The van der Waals surface area contributed by atoms with Crippen molar-refractivity contribution in [2.75, 3.05) is 24.5 Å². The summed E-state index contributed by atoms with van der Waals surface area (Å²) < 4.78 is 0. The third kappa shape index (κ3) is 3.38. The smallest absolute Gasteiger partial charge is 0.277 e. The minimum atomic E-state index is 0.00506. The molecule has 1 aliphatic carbocycles. The Kier molecular flexibility index (Phi) is 5.19. The van der Waals surface area contributed by atoms with Crippen molar-refractivity contribution in [3.63, 3.8) is 0 Å². The summed E-state index contributed by atoms with van der Waals surface area (Å²) in [6.45, 7) is 11.1. The van der Waals surface area contributed by atoms with E-state index in [1.54, 1.807) is 11.3 Å². The number of fused-ring (bicyclic) bond motifs is 1. The van der Waals surface area contributed by atoms with Gasteiger partial charge < -0.3 is 9.80 Å². The van der Waals surface area contributed by atoms with E-state index in [1.807, 2.05) is 28.5 Å². The lowest BCUT2D eigenvalue weighted by atomic mass is 9.96. The summed E-state index contributed by atoms with van der Waals surface area (Å²) in [5.74, 6) is 0.783. The first-order chi connectivity index (χ1) is 15.2. The van der Waals surface area contributed by atoms with Gasteiger partial charge in [-0.1, -0.05) is 45.9 Å². The molecule has 32 heavy (non-hydrogen) atoms. The summed E-state index contributed by atoms with van der Waals surface area (Å²) in [7, 11) is 0. The van der Waals surface area contributed by atoms with Gasteiger partial charge in [0.1, 0.15) is 5.69 Å². The Morgan fingerprint density at radius 3 is 2.41 bits per heavy atom. The van der Waals surface area contributed by atoms with Gasteiger partial charge in [-0.25, -0.2) is 4.98 Å². The number of anilines is 1. The monoisotopic (exact) mass is 451 g/mol. The van der Waals surface area contributed by atoms with Crippen LogP contribution in [0, 0.1) is 16.7 Å². The van der Waals surface area contributed by atoms with Gasteiger partial charge in [-0.15, -0.1) is 11.3 Å². The number of para-hydroxylation sites is 1. The zero-order valence-electron chi connectivity index (χ0n) is 19.6. The fourth-order valence-electron chi connectivity index (χ4n) is 5.80. The predicted octanol–water partition coefficient (Wildman–Crippen LogP) is 5.12. The number of rotatable bonds is 3. The van der Waals surface area contributed by atoms with Gasteiger partial charge in [0, 0.05) is 42.5 Å². The summed E-state index contributed by atoms with van der Waals surface area (Å²) >= 11 is 1.60. The van der Waals surface area contributed by atoms with Crippen LogP contribution in [-0.4, -0.2) is 41.3 Å². The van der Waals surface area contributed by atoms with Crippen LogP contribution >= 0.6 is 11.3 Å². The number of carbonyl (C=O) groups is 2. The number of benzene rings is 1. The molecular formula is C26H33N3O2S. The van der Waals surface area contributed by atoms with Crippen LogP contribution in [0.25, 0.3) is 0 Å². The second kappa shape index (κ2) is 7.68. The molecule has 1 saturated carbocycles. The molecule has 2 fully saturated rings. The molecule has 0 unspecified atom stereocenters. The highest BCUT2D eigenvalue weighted by atomic mass is 32.1. The number of amides is 2. The second-order valence-electron chi connectivity index (χ2n) is 10.7. The van der Waals surface area contributed by atoms with E-state index >= 15 is 0 Å². The summed E-state index contributed by atoms with van der Waals surface area (Å²) in [4.78, 5) is 35.0. The molecule has 2 aromatic rings. The van der Waals surface area contributed by atoms with Gasteiger partial charge >= 0.3 is 0 Å². The van der Waals surface area contributed by atoms with Crippen LogP contribution in [0.5, 0.6) is 0 Å². The highest BCUT2D eigenvalue weighted by Gasteiger charge is 2.68. The first kappa shape index (κ1) is 21.6. The fraction of sp³-hybridized carbons (Fsp3) is 0.577. The van der Waals surface area contributed by atoms with Crippen molar-refractivity contribution in [1.29, 1.82) is 0 Å². The number of nitrogens with zero attached hydrogens (tertiary/aromatic N) is 3. The topological polar surface area (TPSA) is 53.5 Å². The van der Waals surface area contributed by atoms with Crippen LogP contribution < -0.4 is 4.90 Å². The minimum absolute atomic E-state index is 0.00506. The first-order valence-corrected chi connectivity index (χ1v) is 12.7. The maximum absolute atomic E-state index is 13.2. The van der Waals surface area contributed by atoms with Crippen LogP contribution in [0.3, 0.4) is 0 Å². The van der Waals surface area contributed by atoms with E-state index in [1.165, 1.54) is 5.56 Å². The highest BCUT2D eigenvalue weighted by molar-refractivity contribution is 7.10. The van der Waals surface area contributed by atoms with Crippen molar-refractivity contribution < 1.29 is 9.59 Å². The van der Waals surface area contributed by atoms with Crippen LogP contribution in [0.1, 0.15) is 73.9 Å². The Balaban J connectivity index is 1.23. The predicted molar refractivity (Wildman–Crippen MR) is 128 cm³/mol. The van der Waals surface area contributed by atoms with Crippen molar-refractivity contribution >= 4 is 28.8 Å². The van der Waals surface area contributed by atoms with Crippen LogP contribution in [0.15, 0.2) is 29.6 Å². The number of piperidine rings is 1. The molecule has 1 saturated heterocycles. The van der Waals surface area contributed by atoms with Crippen molar-refractivity contribution in [3.8, 4) is 0 Å². The molecule has 170 valence electrons. The molecule has 0 radical (unpaired) electrons. The summed E-state index contributed by atoms with van der Waals surface area (Å²) in [5, 5.41) is 2.96. The van der Waals surface area contributed by atoms with Crippen molar-refractivity contribution in [3.05, 3.63) is 45.9 Å². The average Bonchev–Trinajstić information content (AvgIpc) is 3.12. The van der Waals surface area contributed by atoms with E-state index in [9.17, 15) is 9.59 Å². The van der Waals surface area contributed by atoms with E-state index in [0.717, 1.165) is 56.0 Å². The molecule has 0 atom stereocenters. The number of carbonyl (C=O) groups excluding carboxylic acids is 2. The zero-order chi connectivity index (χ0) is 22.7. The van der Waals surface area contributed by atoms with Gasteiger partial charge in [-0.3, -0.25) is 9.59 Å². The maximum atomic E-state index is 13.2. The zero-order valence-corrected chi connectivity index (χ0v) is 20.4. The molecule has 2 aliphatic heterocycles. The van der Waals surface area contributed by atoms with Gasteiger partial charge in [0.25, 0.3) is 5.91 Å². The third-order valence-electron chi connectivity index (χ3n) is 8.52. The number of likely N-dealkylation sites (tertiary alicyclic amines) is 1. The summed E-state index contributed by atoms with van der Waals surface area (Å²) in [5.41, 5.74) is 2.98. The third-order valence-corrected chi connectivity index (χ3v) is 9.53. The fourth-order valence-corrected chi connectivity index (χ4v) is 6.76. The van der Waals surface area contributed by atoms with Crippen molar-refractivity contribution in [2.45, 2.75) is 59.3 Å². The van der Waals surface area contributed by atoms with E-state index in [-0.39, 0.29) is 22.7 Å². The molecule has 5 nitrogen and oxygen atoms in total. The van der Waals surface area contributed by atoms with Gasteiger partial charge in [0.05, 0.1) is 5.01 Å². The van der Waals surface area contributed by atoms with Crippen LogP contribution in [0.2, 0.25) is 0 Å². The van der Waals surface area contributed by atoms with Gasteiger partial charge in [-0.05, 0) is 48.1 Å². The quantitative estimate of drug-likeness (QED) is 0.650. The average molecular weight is 452 g/mol. The second-order valence-corrected chi connectivity index (χ2v) is 11.6. The molecule has 6 heteroatoms. The van der Waals surface area contributed by atoms with Crippen LogP contribution in [-0.2, 0) is 11.2 Å². The lowest BCUT2D eigenvalue weighted by molar-refractivity contribution is -0.134. The molecule has 0 spiro atoms. The minimum Gasteiger partial charge on any atom is -0.342 e. The maximum Gasteiger partial charge on any atom is 0.277 e. The first-order valence-electron chi connectivity index (χ1n) is 11.9. The Bertz CT molecular complexity index is 1030. The molecule has 1 aromatic carbocycles. The number of hydrogen-bond acceptors (Lipinski definition) is 4. The van der Waals surface area contributed by atoms with Crippen molar-refractivity contribution in [2.24, 2.45) is 16.7 Å². The number of thiazole rings is 1.